The maximum atomic E-state index is 11.2. The normalized spacial score (nSPS) is 24.3. The summed E-state index contributed by atoms with van der Waals surface area (Å²) in [5.41, 5.74) is 2.70. The SMILES string of the molecule is O=C(O)[C@H]1CCCN1Cc1ccc(C2CCCC2)cc1. The Kier molecular flexibility index (Phi) is 4.06. The summed E-state index contributed by atoms with van der Waals surface area (Å²) in [6.45, 7) is 1.67. The molecule has 0 bridgehead atoms. The molecule has 2 aliphatic rings. The highest BCUT2D eigenvalue weighted by molar-refractivity contribution is 5.73. The van der Waals surface area contributed by atoms with Gasteiger partial charge in [0.05, 0.1) is 0 Å². The minimum absolute atomic E-state index is 0.287. The molecule has 0 amide bonds. The Bertz CT molecular complexity index is 462. The van der Waals surface area contributed by atoms with Crippen molar-refractivity contribution in [2.45, 2.75) is 57.0 Å². The number of benzene rings is 1. The summed E-state index contributed by atoms with van der Waals surface area (Å²) in [5.74, 6) is 0.0766. The molecule has 1 saturated heterocycles. The fourth-order valence-corrected chi connectivity index (χ4v) is 3.68. The Morgan fingerprint density at radius 3 is 2.45 bits per heavy atom. The van der Waals surface area contributed by atoms with Crippen molar-refractivity contribution in [3.05, 3.63) is 35.4 Å². The Balaban J connectivity index is 1.64. The minimum Gasteiger partial charge on any atom is -0.480 e. The lowest BCUT2D eigenvalue weighted by Gasteiger charge is -2.21. The summed E-state index contributed by atoms with van der Waals surface area (Å²) in [5, 5.41) is 9.21. The van der Waals surface area contributed by atoms with Gasteiger partial charge in [-0.2, -0.15) is 0 Å². The minimum atomic E-state index is -0.676. The molecule has 1 aromatic rings. The van der Waals surface area contributed by atoms with Crippen LogP contribution in [0.5, 0.6) is 0 Å². The van der Waals surface area contributed by atoms with E-state index in [0.29, 0.717) is 0 Å². The Hall–Kier alpha value is -1.35. The van der Waals surface area contributed by atoms with Crippen LogP contribution >= 0.6 is 0 Å². The molecule has 0 unspecified atom stereocenters. The molecule has 1 atom stereocenters. The van der Waals surface area contributed by atoms with Crippen molar-refractivity contribution >= 4 is 5.97 Å². The summed E-state index contributed by atoms with van der Waals surface area (Å²) in [6, 6.07) is 8.58. The van der Waals surface area contributed by atoms with Crippen molar-refractivity contribution in [1.82, 2.24) is 4.90 Å². The van der Waals surface area contributed by atoms with Gasteiger partial charge in [-0.3, -0.25) is 9.69 Å². The first-order valence-electron chi connectivity index (χ1n) is 7.80. The zero-order chi connectivity index (χ0) is 13.9. The van der Waals surface area contributed by atoms with Crippen LogP contribution in [0, 0.1) is 0 Å². The first kappa shape index (κ1) is 13.6. The van der Waals surface area contributed by atoms with Crippen LogP contribution in [0.4, 0.5) is 0 Å². The predicted molar refractivity (Wildman–Crippen MR) is 78.7 cm³/mol. The van der Waals surface area contributed by atoms with Gasteiger partial charge in [0.1, 0.15) is 6.04 Å². The van der Waals surface area contributed by atoms with E-state index < -0.39 is 5.97 Å². The summed E-state index contributed by atoms with van der Waals surface area (Å²) >= 11 is 0. The predicted octanol–water partition coefficient (Wildman–Crippen LogP) is 3.39. The van der Waals surface area contributed by atoms with E-state index in [0.717, 1.165) is 31.8 Å². The molecule has 1 N–H and O–H groups in total. The van der Waals surface area contributed by atoms with Crippen molar-refractivity contribution in [2.24, 2.45) is 0 Å². The third-order valence-electron chi connectivity index (χ3n) is 4.84. The van der Waals surface area contributed by atoms with Gasteiger partial charge >= 0.3 is 5.97 Å². The number of likely N-dealkylation sites (tertiary alicyclic amines) is 1. The van der Waals surface area contributed by atoms with Crippen LogP contribution in [0.3, 0.4) is 0 Å². The molecule has 0 spiro atoms. The number of hydrogen-bond donors (Lipinski definition) is 1. The molecule has 3 heteroatoms. The second-order valence-corrected chi connectivity index (χ2v) is 6.19. The maximum Gasteiger partial charge on any atom is 0.320 e. The number of nitrogens with zero attached hydrogens (tertiary/aromatic N) is 1. The van der Waals surface area contributed by atoms with Gasteiger partial charge in [-0.1, -0.05) is 37.1 Å². The number of carboxylic acids is 1. The van der Waals surface area contributed by atoms with E-state index in [1.165, 1.54) is 36.8 Å². The van der Waals surface area contributed by atoms with E-state index in [9.17, 15) is 9.90 Å². The number of carboxylic acid groups (broad SMARTS) is 1. The molecular weight excluding hydrogens is 250 g/mol. The highest BCUT2D eigenvalue weighted by Gasteiger charge is 2.30. The molecule has 3 nitrogen and oxygen atoms in total. The summed E-state index contributed by atoms with van der Waals surface area (Å²) < 4.78 is 0. The Morgan fingerprint density at radius 1 is 1.10 bits per heavy atom. The van der Waals surface area contributed by atoms with Gasteiger partial charge in [0.15, 0.2) is 0 Å². The van der Waals surface area contributed by atoms with E-state index in [1.807, 2.05) is 0 Å². The molecule has 1 aliphatic heterocycles. The van der Waals surface area contributed by atoms with Crippen LogP contribution in [0.25, 0.3) is 0 Å². The molecule has 0 aromatic heterocycles. The molecule has 1 aliphatic carbocycles. The molecule has 0 radical (unpaired) electrons. The molecule has 3 rings (SSSR count). The molecule has 108 valence electrons. The fraction of sp³-hybridized carbons (Fsp3) is 0.588. The standard InChI is InChI=1S/C17H23NO2/c19-17(20)16-6-3-11-18(16)12-13-7-9-15(10-8-13)14-4-1-2-5-14/h7-10,14,16H,1-6,11-12H2,(H,19,20)/t16-/m1/s1. The topological polar surface area (TPSA) is 40.5 Å². The van der Waals surface area contributed by atoms with E-state index >= 15 is 0 Å². The summed E-state index contributed by atoms with van der Waals surface area (Å²) in [7, 11) is 0. The Labute approximate surface area is 120 Å². The molecule has 20 heavy (non-hydrogen) atoms. The molecular formula is C17H23NO2. The quantitative estimate of drug-likeness (QED) is 0.914. The number of aliphatic carboxylic acids is 1. The zero-order valence-corrected chi connectivity index (χ0v) is 11.9. The molecule has 2 fully saturated rings. The van der Waals surface area contributed by atoms with Crippen molar-refractivity contribution in [1.29, 1.82) is 0 Å². The van der Waals surface area contributed by atoms with E-state index in [4.69, 9.17) is 0 Å². The van der Waals surface area contributed by atoms with Crippen molar-refractivity contribution in [3.63, 3.8) is 0 Å². The summed E-state index contributed by atoms with van der Waals surface area (Å²) in [6.07, 6.45) is 7.16. The van der Waals surface area contributed by atoms with Crippen LogP contribution in [0.1, 0.15) is 55.6 Å². The van der Waals surface area contributed by atoms with Gasteiger partial charge in [0, 0.05) is 6.54 Å². The first-order valence-corrected chi connectivity index (χ1v) is 7.80. The van der Waals surface area contributed by atoms with E-state index in [-0.39, 0.29) is 6.04 Å². The van der Waals surface area contributed by atoms with Gasteiger partial charge in [-0.05, 0) is 49.3 Å². The van der Waals surface area contributed by atoms with Gasteiger partial charge < -0.3 is 5.11 Å². The van der Waals surface area contributed by atoms with Crippen LogP contribution in [-0.2, 0) is 11.3 Å². The van der Waals surface area contributed by atoms with Crippen molar-refractivity contribution in [2.75, 3.05) is 6.54 Å². The highest BCUT2D eigenvalue weighted by Crippen LogP contribution is 2.34. The lowest BCUT2D eigenvalue weighted by molar-refractivity contribution is -0.142. The highest BCUT2D eigenvalue weighted by atomic mass is 16.4. The third-order valence-corrected chi connectivity index (χ3v) is 4.84. The summed E-state index contributed by atoms with van der Waals surface area (Å²) in [4.78, 5) is 13.3. The number of hydrogen-bond acceptors (Lipinski definition) is 2. The first-order chi connectivity index (χ1) is 9.74. The van der Waals surface area contributed by atoms with Gasteiger partial charge in [0.25, 0.3) is 0 Å². The molecule has 1 aromatic carbocycles. The van der Waals surface area contributed by atoms with Gasteiger partial charge in [-0.25, -0.2) is 0 Å². The van der Waals surface area contributed by atoms with Crippen LogP contribution in [-0.4, -0.2) is 28.6 Å². The number of rotatable bonds is 4. The third kappa shape index (κ3) is 2.88. The lowest BCUT2D eigenvalue weighted by Crippen LogP contribution is -2.35. The Morgan fingerprint density at radius 2 is 1.80 bits per heavy atom. The van der Waals surface area contributed by atoms with Crippen LogP contribution in [0.15, 0.2) is 24.3 Å². The average Bonchev–Trinajstić information content (AvgIpc) is 3.10. The van der Waals surface area contributed by atoms with Crippen LogP contribution < -0.4 is 0 Å². The molecule has 1 heterocycles. The van der Waals surface area contributed by atoms with Gasteiger partial charge in [-0.15, -0.1) is 0 Å². The second kappa shape index (κ2) is 5.96. The van der Waals surface area contributed by atoms with E-state index in [1.54, 1.807) is 0 Å². The van der Waals surface area contributed by atoms with Crippen LogP contribution in [0.2, 0.25) is 0 Å². The smallest absolute Gasteiger partial charge is 0.320 e. The fourth-order valence-electron chi connectivity index (χ4n) is 3.68. The second-order valence-electron chi connectivity index (χ2n) is 6.19. The monoisotopic (exact) mass is 273 g/mol. The van der Waals surface area contributed by atoms with Gasteiger partial charge in [0.2, 0.25) is 0 Å². The van der Waals surface area contributed by atoms with E-state index in [2.05, 4.69) is 29.2 Å². The molecule has 1 saturated carbocycles. The lowest BCUT2D eigenvalue weighted by atomic mass is 9.96. The zero-order valence-electron chi connectivity index (χ0n) is 11.9. The number of carbonyl (C=O) groups is 1. The van der Waals surface area contributed by atoms with Crippen molar-refractivity contribution < 1.29 is 9.90 Å². The van der Waals surface area contributed by atoms with Crippen molar-refractivity contribution in [3.8, 4) is 0 Å². The largest absolute Gasteiger partial charge is 0.480 e. The average molecular weight is 273 g/mol. The maximum absolute atomic E-state index is 11.2.